The molecule has 2 aromatic heterocycles. The number of hydrogen-bond acceptors (Lipinski definition) is 5. The largest absolute Gasteiger partial charge is 0.493 e. The Hall–Kier alpha value is -4.73. The summed E-state index contributed by atoms with van der Waals surface area (Å²) in [6, 6.07) is 21.5. The number of aliphatic carboxylic acids is 1. The molecule has 1 atom stereocenters. The lowest BCUT2D eigenvalue weighted by atomic mass is 9.86. The van der Waals surface area contributed by atoms with Crippen molar-refractivity contribution >= 4 is 27.8 Å². The number of carbonyl (C=O) groups is 1. The van der Waals surface area contributed by atoms with Crippen molar-refractivity contribution in [1.82, 2.24) is 9.97 Å². The molecular formula is C35H30N2O4. The van der Waals surface area contributed by atoms with Crippen molar-refractivity contribution in [2.24, 2.45) is 0 Å². The zero-order valence-corrected chi connectivity index (χ0v) is 23.5. The number of benzene rings is 3. The first-order chi connectivity index (χ1) is 19.7. The molecule has 0 fully saturated rings. The Morgan fingerprint density at radius 1 is 1.05 bits per heavy atom. The maximum absolute atomic E-state index is 12.8. The fourth-order valence-corrected chi connectivity index (χ4v) is 5.47. The summed E-state index contributed by atoms with van der Waals surface area (Å²) in [5, 5.41) is 12.2. The highest BCUT2D eigenvalue weighted by atomic mass is 16.5. The van der Waals surface area contributed by atoms with Gasteiger partial charge >= 0.3 is 5.97 Å². The van der Waals surface area contributed by atoms with E-state index in [1.54, 1.807) is 0 Å². The van der Waals surface area contributed by atoms with Crippen molar-refractivity contribution in [1.29, 1.82) is 0 Å². The van der Waals surface area contributed by atoms with Gasteiger partial charge in [-0.2, -0.15) is 0 Å². The first kappa shape index (κ1) is 26.5. The minimum atomic E-state index is -1.20. The molecule has 0 aliphatic carbocycles. The van der Waals surface area contributed by atoms with E-state index in [9.17, 15) is 9.90 Å². The maximum atomic E-state index is 12.8. The van der Waals surface area contributed by atoms with Crippen molar-refractivity contribution in [3.8, 4) is 28.7 Å². The topological polar surface area (TPSA) is 81.5 Å². The Labute approximate surface area is 239 Å². The number of pyridine rings is 2. The Bertz CT molecular complexity index is 1870. The lowest BCUT2D eigenvalue weighted by molar-refractivity contribution is -0.160. The van der Waals surface area contributed by atoms with Gasteiger partial charge in [0.15, 0.2) is 6.10 Å². The van der Waals surface area contributed by atoms with Crippen LogP contribution in [-0.2, 0) is 16.0 Å². The van der Waals surface area contributed by atoms with Gasteiger partial charge in [0.05, 0.1) is 23.2 Å². The van der Waals surface area contributed by atoms with Crippen molar-refractivity contribution in [3.63, 3.8) is 0 Å². The smallest absolute Gasteiger partial charge is 0.337 e. The van der Waals surface area contributed by atoms with Gasteiger partial charge in [-0.05, 0) is 98.8 Å². The molecule has 1 aliphatic heterocycles. The monoisotopic (exact) mass is 542 g/mol. The first-order valence-corrected chi connectivity index (χ1v) is 13.7. The molecule has 41 heavy (non-hydrogen) atoms. The Kier molecular flexibility index (Phi) is 6.69. The average molecular weight is 543 g/mol. The molecule has 6 heteroatoms. The third-order valence-corrected chi connectivity index (χ3v) is 7.15. The second-order valence-corrected chi connectivity index (χ2v) is 11.2. The highest BCUT2D eigenvalue weighted by molar-refractivity contribution is 6.08. The van der Waals surface area contributed by atoms with Crippen LogP contribution in [0.2, 0.25) is 0 Å². The van der Waals surface area contributed by atoms with Crippen molar-refractivity contribution in [2.45, 2.75) is 45.8 Å². The zero-order valence-electron chi connectivity index (χ0n) is 23.5. The summed E-state index contributed by atoms with van der Waals surface area (Å²) in [5.74, 6) is 6.07. The van der Waals surface area contributed by atoms with Crippen LogP contribution in [0.3, 0.4) is 0 Å². The van der Waals surface area contributed by atoms with E-state index >= 15 is 0 Å². The molecule has 6 nitrogen and oxygen atoms in total. The SMILES string of the molecule is Cc1cc2nc(C#Cc3ccccc3)ccc2c(-c2ccc3c4c(ccnc24)CCO3)c1[C@H](OC(C)(C)C)C(=O)O. The van der Waals surface area contributed by atoms with Gasteiger partial charge in [0, 0.05) is 40.1 Å². The number of rotatable bonds is 4. The molecule has 0 bridgehead atoms. The van der Waals surface area contributed by atoms with Gasteiger partial charge in [-0.3, -0.25) is 4.98 Å². The molecule has 0 saturated carbocycles. The highest BCUT2D eigenvalue weighted by Gasteiger charge is 2.32. The number of hydrogen-bond donors (Lipinski definition) is 1. The fourth-order valence-electron chi connectivity index (χ4n) is 5.47. The van der Waals surface area contributed by atoms with E-state index in [-0.39, 0.29) is 0 Å². The van der Waals surface area contributed by atoms with E-state index < -0.39 is 17.7 Å². The van der Waals surface area contributed by atoms with Gasteiger partial charge in [0.1, 0.15) is 11.4 Å². The summed E-state index contributed by atoms with van der Waals surface area (Å²) in [5.41, 5.74) is 6.40. The minimum absolute atomic E-state index is 0.587. The average Bonchev–Trinajstić information content (AvgIpc) is 2.95. The summed E-state index contributed by atoms with van der Waals surface area (Å²) < 4.78 is 12.2. The van der Waals surface area contributed by atoms with Crippen LogP contribution in [0.5, 0.6) is 5.75 Å². The van der Waals surface area contributed by atoms with E-state index in [0.717, 1.165) is 61.8 Å². The van der Waals surface area contributed by atoms with E-state index in [1.807, 2.05) is 101 Å². The van der Waals surface area contributed by atoms with Gasteiger partial charge in [0.25, 0.3) is 0 Å². The molecule has 1 N–H and O–H groups in total. The maximum Gasteiger partial charge on any atom is 0.337 e. The van der Waals surface area contributed by atoms with Crippen molar-refractivity contribution < 1.29 is 19.4 Å². The minimum Gasteiger partial charge on any atom is -0.493 e. The number of aryl methyl sites for hydroxylation is 1. The van der Waals surface area contributed by atoms with E-state index in [1.165, 1.54) is 0 Å². The van der Waals surface area contributed by atoms with Crippen molar-refractivity contribution in [3.05, 3.63) is 101 Å². The number of aromatic nitrogens is 2. The van der Waals surface area contributed by atoms with E-state index in [4.69, 9.17) is 19.4 Å². The van der Waals surface area contributed by atoms with Crippen LogP contribution in [0.25, 0.3) is 32.9 Å². The molecule has 3 heterocycles. The fraction of sp³-hybridized carbons (Fsp3) is 0.229. The molecule has 1 aliphatic rings. The van der Waals surface area contributed by atoms with Crippen LogP contribution in [0.4, 0.5) is 0 Å². The summed E-state index contributed by atoms with van der Waals surface area (Å²) >= 11 is 0. The summed E-state index contributed by atoms with van der Waals surface area (Å²) in [6.07, 6.45) is 1.39. The van der Waals surface area contributed by atoms with Crippen molar-refractivity contribution in [2.75, 3.05) is 6.61 Å². The Balaban J connectivity index is 1.64. The predicted molar refractivity (Wildman–Crippen MR) is 160 cm³/mol. The van der Waals surface area contributed by atoms with Crippen LogP contribution in [0.1, 0.15) is 54.8 Å². The third-order valence-electron chi connectivity index (χ3n) is 7.15. The molecule has 0 spiro atoms. The number of ether oxygens (including phenoxy) is 2. The highest BCUT2D eigenvalue weighted by Crippen LogP contribution is 2.44. The number of nitrogens with zero attached hydrogens (tertiary/aromatic N) is 2. The van der Waals surface area contributed by atoms with Crippen LogP contribution in [0.15, 0.2) is 72.9 Å². The second kappa shape index (κ2) is 10.3. The zero-order chi connectivity index (χ0) is 28.7. The molecule has 0 amide bonds. The van der Waals surface area contributed by atoms with E-state index in [2.05, 4.69) is 11.8 Å². The quantitative estimate of drug-likeness (QED) is 0.246. The molecule has 0 saturated heterocycles. The lowest BCUT2D eigenvalue weighted by Gasteiger charge is -2.29. The standard InChI is InChI=1S/C35H30N2O4/c1-21-20-27-25(13-12-24(37-27)11-10-22-8-6-5-7-9-22)31(29(21)33(34(38)39)41-35(2,3)4)26-14-15-28-30-23(17-19-40-28)16-18-36-32(26)30/h5-9,12-16,18,20,33H,17,19H2,1-4H3,(H,38,39)/t33-/m0/s1. The second-order valence-electron chi connectivity index (χ2n) is 11.2. The predicted octanol–water partition coefficient (Wildman–Crippen LogP) is 7.03. The van der Waals surface area contributed by atoms with E-state index in [0.29, 0.717) is 17.9 Å². The van der Waals surface area contributed by atoms with Crippen LogP contribution in [-0.4, -0.2) is 33.3 Å². The molecular weight excluding hydrogens is 512 g/mol. The summed E-state index contributed by atoms with van der Waals surface area (Å²) in [7, 11) is 0. The van der Waals surface area contributed by atoms with Crippen LogP contribution in [0, 0.1) is 18.8 Å². The summed E-state index contributed by atoms with van der Waals surface area (Å²) in [6.45, 7) is 8.10. The molecule has 0 unspecified atom stereocenters. The Morgan fingerprint density at radius 3 is 2.61 bits per heavy atom. The van der Waals surface area contributed by atoms with Gasteiger partial charge in [-0.25, -0.2) is 9.78 Å². The van der Waals surface area contributed by atoms with Gasteiger partial charge in [0.2, 0.25) is 0 Å². The van der Waals surface area contributed by atoms with Gasteiger partial charge in [-0.1, -0.05) is 24.1 Å². The van der Waals surface area contributed by atoms with Gasteiger partial charge in [-0.15, -0.1) is 0 Å². The summed E-state index contributed by atoms with van der Waals surface area (Å²) in [4.78, 5) is 22.4. The molecule has 5 aromatic rings. The molecule has 3 aromatic carbocycles. The molecule has 0 radical (unpaired) electrons. The number of carboxylic acids is 1. The normalized spacial score (nSPS) is 13.4. The number of fused-ring (bicyclic) bond motifs is 1. The third kappa shape index (κ3) is 5.13. The van der Waals surface area contributed by atoms with Crippen LogP contribution < -0.4 is 4.74 Å². The Morgan fingerprint density at radius 2 is 1.85 bits per heavy atom. The van der Waals surface area contributed by atoms with Gasteiger partial charge < -0.3 is 14.6 Å². The first-order valence-electron chi connectivity index (χ1n) is 13.7. The van der Waals surface area contributed by atoms with Crippen LogP contribution >= 0.6 is 0 Å². The lowest BCUT2D eigenvalue weighted by Crippen LogP contribution is -2.28. The molecule has 6 rings (SSSR count). The molecule has 204 valence electrons. The number of carboxylic acid groups (broad SMARTS) is 1.